The fourth-order valence-electron chi connectivity index (χ4n) is 2.89. The quantitative estimate of drug-likeness (QED) is 0.793. The Hall–Kier alpha value is -2.08. The number of rotatable bonds is 4. The summed E-state index contributed by atoms with van der Waals surface area (Å²) in [6.45, 7) is 8.26. The first kappa shape index (κ1) is 21.2. The second-order valence-corrected chi connectivity index (χ2v) is 8.33. The van der Waals surface area contributed by atoms with Gasteiger partial charge in [0.25, 0.3) is 5.91 Å². The molecule has 7 heteroatoms. The summed E-state index contributed by atoms with van der Waals surface area (Å²) in [5.74, 6) is -0.993. The van der Waals surface area contributed by atoms with Gasteiger partial charge in [-0.2, -0.15) is 0 Å². The minimum absolute atomic E-state index is 0.0880. The van der Waals surface area contributed by atoms with Crippen LogP contribution >= 0.6 is 11.6 Å². The van der Waals surface area contributed by atoms with Gasteiger partial charge >= 0.3 is 5.97 Å². The first-order valence-corrected chi connectivity index (χ1v) is 9.52. The van der Waals surface area contributed by atoms with Crippen LogP contribution in [0.3, 0.4) is 0 Å². The van der Waals surface area contributed by atoms with Gasteiger partial charge in [-0.15, -0.1) is 0 Å². The third-order valence-corrected chi connectivity index (χ3v) is 4.78. The molecule has 0 bridgehead atoms. The van der Waals surface area contributed by atoms with E-state index in [2.05, 4.69) is 5.32 Å². The lowest BCUT2D eigenvalue weighted by Crippen LogP contribution is -2.45. The van der Waals surface area contributed by atoms with Gasteiger partial charge in [0.2, 0.25) is 5.91 Å². The van der Waals surface area contributed by atoms with Crippen LogP contribution in [0.25, 0.3) is 0 Å². The normalized spacial score (nSPS) is 16.6. The van der Waals surface area contributed by atoms with Gasteiger partial charge in [-0.1, -0.05) is 32.4 Å². The third-order valence-electron chi connectivity index (χ3n) is 4.53. The van der Waals surface area contributed by atoms with Crippen molar-refractivity contribution in [1.29, 1.82) is 0 Å². The molecule has 0 aliphatic carbocycles. The average molecular weight is 395 g/mol. The molecule has 0 spiro atoms. The van der Waals surface area contributed by atoms with Crippen molar-refractivity contribution in [3.05, 3.63) is 29.3 Å². The van der Waals surface area contributed by atoms with Crippen molar-refractivity contribution in [2.75, 3.05) is 18.4 Å². The Kier molecular flexibility index (Phi) is 6.87. The van der Waals surface area contributed by atoms with Gasteiger partial charge in [-0.05, 0) is 44.0 Å². The number of likely N-dealkylation sites (tertiary alicyclic amines) is 1. The van der Waals surface area contributed by atoms with Crippen molar-refractivity contribution >= 4 is 35.1 Å². The molecule has 148 valence electrons. The fraction of sp³-hybridized carbons (Fsp3) is 0.550. The number of anilines is 1. The van der Waals surface area contributed by atoms with Gasteiger partial charge < -0.3 is 15.0 Å². The second kappa shape index (κ2) is 8.74. The monoisotopic (exact) mass is 394 g/mol. The number of amides is 2. The van der Waals surface area contributed by atoms with E-state index in [4.69, 9.17) is 16.3 Å². The molecule has 1 atom stereocenters. The maximum atomic E-state index is 12.4. The van der Waals surface area contributed by atoms with Gasteiger partial charge in [0.05, 0.1) is 5.92 Å². The number of ether oxygens (including phenoxy) is 1. The van der Waals surface area contributed by atoms with E-state index in [1.165, 1.54) is 0 Å². The summed E-state index contributed by atoms with van der Waals surface area (Å²) in [6.07, 6.45) is 0.195. The molecule has 6 nitrogen and oxygen atoms in total. The molecule has 1 aliphatic heterocycles. The summed E-state index contributed by atoms with van der Waals surface area (Å²) in [5.41, 5.74) is 0.156. The Morgan fingerprint density at radius 2 is 1.70 bits per heavy atom. The van der Waals surface area contributed by atoms with Gasteiger partial charge in [-0.25, -0.2) is 0 Å². The molecule has 0 aromatic heterocycles. The highest BCUT2D eigenvalue weighted by molar-refractivity contribution is 6.30. The number of esters is 1. The summed E-state index contributed by atoms with van der Waals surface area (Å²) in [6, 6.07) is 6.69. The van der Waals surface area contributed by atoms with E-state index in [1.54, 1.807) is 36.1 Å². The van der Waals surface area contributed by atoms with Crippen LogP contribution in [0.5, 0.6) is 0 Å². The number of carbonyl (C=O) groups excluding carboxylic acids is 3. The van der Waals surface area contributed by atoms with Gasteiger partial charge in [0, 0.05) is 29.2 Å². The largest absolute Gasteiger partial charge is 0.452 e. The molecule has 0 radical (unpaired) electrons. The zero-order valence-corrected chi connectivity index (χ0v) is 17.0. The number of halogens is 1. The standard InChI is InChI=1S/C20H27ClN2O4/c1-13(17(24)22-16-7-5-15(21)6-8-16)27-18(25)14-9-11-23(12-10-14)19(26)20(2,3)4/h5-8,13-14H,9-12H2,1-4H3,(H,22,24)/t13-/m1/s1. The number of benzene rings is 1. The molecule has 1 heterocycles. The second-order valence-electron chi connectivity index (χ2n) is 7.89. The molecule has 1 N–H and O–H groups in total. The number of nitrogens with zero attached hydrogens (tertiary/aromatic N) is 1. The van der Waals surface area contributed by atoms with Crippen LogP contribution in [0.1, 0.15) is 40.5 Å². The lowest BCUT2D eigenvalue weighted by molar-refractivity contribution is -0.160. The van der Waals surface area contributed by atoms with Crippen LogP contribution in [-0.2, 0) is 19.1 Å². The van der Waals surface area contributed by atoms with E-state index in [9.17, 15) is 14.4 Å². The highest BCUT2D eigenvalue weighted by Crippen LogP contribution is 2.24. The van der Waals surface area contributed by atoms with Crippen LogP contribution in [0.2, 0.25) is 5.02 Å². The van der Waals surface area contributed by atoms with E-state index in [0.29, 0.717) is 36.6 Å². The number of hydrogen-bond donors (Lipinski definition) is 1. The van der Waals surface area contributed by atoms with E-state index in [-0.39, 0.29) is 11.8 Å². The summed E-state index contributed by atoms with van der Waals surface area (Å²) >= 11 is 5.81. The Morgan fingerprint density at radius 1 is 1.15 bits per heavy atom. The molecular formula is C20H27ClN2O4. The highest BCUT2D eigenvalue weighted by Gasteiger charge is 2.33. The third kappa shape index (κ3) is 5.96. The summed E-state index contributed by atoms with van der Waals surface area (Å²) in [4.78, 5) is 38.7. The molecule has 1 saturated heterocycles. The Bertz CT molecular complexity index is 689. The first-order chi connectivity index (χ1) is 12.6. The molecule has 0 saturated carbocycles. The molecule has 1 fully saturated rings. The summed E-state index contributed by atoms with van der Waals surface area (Å²) < 4.78 is 5.33. The smallest absolute Gasteiger partial charge is 0.309 e. The first-order valence-electron chi connectivity index (χ1n) is 9.14. The SMILES string of the molecule is C[C@@H](OC(=O)C1CCN(C(=O)C(C)(C)C)CC1)C(=O)Nc1ccc(Cl)cc1. The predicted octanol–water partition coefficient (Wildman–Crippen LogP) is 3.49. The van der Waals surface area contributed by atoms with Crippen molar-refractivity contribution in [3.8, 4) is 0 Å². The average Bonchev–Trinajstić information content (AvgIpc) is 2.62. The van der Waals surface area contributed by atoms with Crippen molar-refractivity contribution in [3.63, 3.8) is 0 Å². The van der Waals surface area contributed by atoms with E-state index in [0.717, 1.165) is 0 Å². The number of hydrogen-bond acceptors (Lipinski definition) is 4. The van der Waals surface area contributed by atoms with Crippen LogP contribution in [0, 0.1) is 11.3 Å². The summed E-state index contributed by atoms with van der Waals surface area (Å²) in [5, 5.41) is 3.26. The maximum Gasteiger partial charge on any atom is 0.309 e. The van der Waals surface area contributed by atoms with Gasteiger partial charge in [0.1, 0.15) is 0 Å². The van der Waals surface area contributed by atoms with Gasteiger partial charge in [0.15, 0.2) is 6.10 Å². The van der Waals surface area contributed by atoms with Crippen LogP contribution in [-0.4, -0.2) is 41.9 Å². The minimum Gasteiger partial charge on any atom is -0.452 e. The zero-order chi connectivity index (χ0) is 20.2. The summed E-state index contributed by atoms with van der Waals surface area (Å²) in [7, 11) is 0. The highest BCUT2D eigenvalue weighted by atomic mass is 35.5. The van der Waals surface area contributed by atoms with E-state index in [1.807, 2.05) is 20.8 Å². The van der Waals surface area contributed by atoms with E-state index >= 15 is 0 Å². The van der Waals surface area contributed by atoms with Gasteiger partial charge in [-0.3, -0.25) is 14.4 Å². The molecule has 0 unspecified atom stereocenters. The predicted molar refractivity (Wildman–Crippen MR) is 104 cm³/mol. The zero-order valence-electron chi connectivity index (χ0n) is 16.3. The fourth-order valence-corrected chi connectivity index (χ4v) is 3.02. The Morgan fingerprint density at radius 3 is 2.22 bits per heavy atom. The number of carbonyl (C=O) groups is 3. The topological polar surface area (TPSA) is 75.7 Å². The lowest BCUT2D eigenvalue weighted by atomic mass is 9.91. The lowest BCUT2D eigenvalue weighted by Gasteiger charge is -2.35. The molecule has 2 amide bonds. The van der Waals surface area contributed by atoms with E-state index < -0.39 is 23.4 Å². The van der Waals surface area contributed by atoms with Crippen molar-refractivity contribution in [1.82, 2.24) is 4.90 Å². The maximum absolute atomic E-state index is 12.4. The molecule has 2 rings (SSSR count). The molecular weight excluding hydrogens is 368 g/mol. The molecule has 1 aromatic rings. The molecule has 27 heavy (non-hydrogen) atoms. The van der Waals surface area contributed by atoms with Crippen LogP contribution in [0.15, 0.2) is 24.3 Å². The number of nitrogens with one attached hydrogen (secondary N) is 1. The Labute approximate surface area is 165 Å². The van der Waals surface area contributed by atoms with Crippen molar-refractivity contribution in [2.24, 2.45) is 11.3 Å². The molecule has 1 aromatic carbocycles. The Balaban J connectivity index is 1.82. The number of piperidine rings is 1. The van der Waals surface area contributed by atoms with Crippen LogP contribution < -0.4 is 5.32 Å². The van der Waals surface area contributed by atoms with Crippen LogP contribution in [0.4, 0.5) is 5.69 Å². The van der Waals surface area contributed by atoms with Crippen molar-refractivity contribution < 1.29 is 19.1 Å². The van der Waals surface area contributed by atoms with Crippen molar-refractivity contribution in [2.45, 2.75) is 46.6 Å². The minimum atomic E-state index is -0.901. The molecule has 1 aliphatic rings.